The third kappa shape index (κ3) is 3.66. The Morgan fingerprint density at radius 1 is 1.41 bits per heavy atom. The van der Waals surface area contributed by atoms with Crippen molar-refractivity contribution in [2.75, 3.05) is 13.1 Å². The standard InChI is InChI=1S/C14H14BrFN4O.ClH/c15-12-8-20(11-3-1-9(16)2-4-11)19-13(12)14(21)18-10-5-6-17-7-10;/h1-4,8,10,17H,5-7H2,(H,18,21);1H. The second-order valence-corrected chi connectivity index (χ2v) is 5.76. The first-order valence-electron chi connectivity index (χ1n) is 6.66. The van der Waals surface area contributed by atoms with Gasteiger partial charge in [-0.1, -0.05) is 0 Å². The van der Waals surface area contributed by atoms with E-state index in [2.05, 4.69) is 31.7 Å². The van der Waals surface area contributed by atoms with Gasteiger partial charge in [0.05, 0.1) is 10.2 Å². The first-order valence-corrected chi connectivity index (χ1v) is 7.45. The molecule has 0 saturated carbocycles. The van der Waals surface area contributed by atoms with E-state index >= 15 is 0 Å². The summed E-state index contributed by atoms with van der Waals surface area (Å²) >= 11 is 3.35. The van der Waals surface area contributed by atoms with Gasteiger partial charge in [-0.05, 0) is 53.2 Å². The molecule has 8 heteroatoms. The molecule has 1 fully saturated rings. The van der Waals surface area contributed by atoms with E-state index in [0.29, 0.717) is 15.9 Å². The third-order valence-corrected chi connectivity index (χ3v) is 3.95. The normalized spacial score (nSPS) is 17.1. The Hall–Kier alpha value is -1.44. The highest BCUT2D eigenvalue weighted by molar-refractivity contribution is 9.10. The predicted octanol–water partition coefficient (Wildman–Crippen LogP) is 2.29. The monoisotopic (exact) mass is 388 g/mol. The number of nitrogens with zero attached hydrogens (tertiary/aromatic N) is 2. The molecule has 3 rings (SSSR count). The molecule has 1 aromatic heterocycles. The van der Waals surface area contributed by atoms with E-state index in [1.165, 1.54) is 12.1 Å². The van der Waals surface area contributed by atoms with Crippen molar-refractivity contribution in [2.24, 2.45) is 0 Å². The molecule has 2 N–H and O–H groups in total. The highest BCUT2D eigenvalue weighted by Crippen LogP contribution is 2.18. The van der Waals surface area contributed by atoms with Crippen molar-refractivity contribution >= 4 is 34.2 Å². The van der Waals surface area contributed by atoms with Gasteiger partial charge in [0.15, 0.2) is 5.69 Å². The van der Waals surface area contributed by atoms with Crippen LogP contribution in [0.1, 0.15) is 16.9 Å². The van der Waals surface area contributed by atoms with Crippen LogP contribution in [0.2, 0.25) is 0 Å². The van der Waals surface area contributed by atoms with Crippen molar-refractivity contribution < 1.29 is 9.18 Å². The lowest BCUT2D eigenvalue weighted by Crippen LogP contribution is -2.36. The fourth-order valence-corrected chi connectivity index (χ4v) is 2.72. The van der Waals surface area contributed by atoms with Crippen LogP contribution in [0.5, 0.6) is 0 Å². The summed E-state index contributed by atoms with van der Waals surface area (Å²) in [7, 11) is 0. The van der Waals surface area contributed by atoms with Crippen molar-refractivity contribution in [3.05, 3.63) is 46.4 Å². The van der Waals surface area contributed by atoms with Gasteiger partial charge >= 0.3 is 0 Å². The van der Waals surface area contributed by atoms with E-state index in [-0.39, 0.29) is 30.2 Å². The zero-order valence-corrected chi connectivity index (χ0v) is 14.0. The molecule has 2 heterocycles. The summed E-state index contributed by atoms with van der Waals surface area (Å²) in [6, 6.07) is 6.07. The molecule has 5 nitrogen and oxygen atoms in total. The van der Waals surface area contributed by atoms with Crippen LogP contribution in [-0.2, 0) is 0 Å². The summed E-state index contributed by atoms with van der Waals surface area (Å²) in [4.78, 5) is 12.2. The maximum atomic E-state index is 12.9. The predicted molar refractivity (Wildman–Crippen MR) is 87.2 cm³/mol. The van der Waals surface area contributed by atoms with E-state index < -0.39 is 0 Å². The summed E-state index contributed by atoms with van der Waals surface area (Å²) < 4.78 is 15.1. The Bertz CT molecular complexity index is 655. The van der Waals surface area contributed by atoms with Crippen LogP contribution in [-0.4, -0.2) is 34.8 Å². The van der Waals surface area contributed by atoms with Crippen molar-refractivity contribution in [1.82, 2.24) is 20.4 Å². The zero-order valence-electron chi connectivity index (χ0n) is 11.6. The molecule has 1 atom stereocenters. The molecule has 118 valence electrons. The van der Waals surface area contributed by atoms with E-state index in [9.17, 15) is 9.18 Å². The Morgan fingerprint density at radius 2 is 2.14 bits per heavy atom. The van der Waals surface area contributed by atoms with Gasteiger partial charge in [-0.2, -0.15) is 5.10 Å². The van der Waals surface area contributed by atoms with E-state index in [4.69, 9.17) is 0 Å². The number of carbonyl (C=O) groups excluding carboxylic acids is 1. The molecule has 1 aliphatic rings. The van der Waals surface area contributed by atoms with Gasteiger partial charge in [-0.25, -0.2) is 9.07 Å². The zero-order chi connectivity index (χ0) is 14.8. The van der Waals surface area contributed by atoms with E-state index in [0.717, 1.165) is 19.5 Å². The van der Waals surface area contributed by atoms with Crippen LogP contribution in [0.3, 0.4) is 0 Å². The molecule has 1 aromatic carbocycles. The van der Waals surface area contributed by atoms with Crippen LogP contribution < -0.4 is 10.6 Å². The molecule has 0 spiro atoms. The molecule has 0 aliphatic carbocycles. The average Bonchev–Trinajstić information content (AvgIpc) is 3.09. The highest BCUT2D eigenvalue weighted by atomic mass is 79.9. The SMILES string of the molecule is Cl.O=C(NC1CCNC1)c1nn(-c2ccc(F)cc2)cc1Br. The van der Waals surface area contributed by atoms with Crippen LogP contribution in [0, 0.1) is 5.82 Å². The second kappa shape index (κ2) is 7.21. The lowest BCUT2D eigenvalue weighted by molar-refractivity contribution is 0.0934. The molecule has 1 saturated heterocycles. The summed E-state index contributed by atoms with van der Waals surface area (Å²) in [5, 5.41) is 10.4. The lowest BCUT2D eigenvalue weighted by atomic mass is 10.2. The second-order valence-electron chi connectivity index (χ2n) is 4.91. The average molecular weight is 390 g/mol. The van der Waals surface area contributed by atoms with E-state index in [1.54, 1.807) is 23.0 Å². The minimum Gasteiger partial charge on any atom is -0.347 e. The maximum Gasteiger partial charge on any atom is 0.273 e. The Morgan fingerprint density at radius 3 is 2.77 bits per heavy atom. The highest BCUT2D eigenvalue weighted by Gasteiger charge is 2.21. The summed E-state index contributed by atoms with van der Waals surface area (Å²) in [6.45, 7) is 1.69. The largest absolute Gasteiger partial charge is 0.347 e. The lowest BCUT2D eigenvalue weighted by Gasteiger charge is -2.09. The summed E-state index contributed by atoms with van der Waals surface area (Å²) in [5.74, 6) is -0.520. The third-order valence-electron chi connectivity index (χ3n) is 3.37. The van der Waals surface area contributed by atoms with Crippen molar-refractivity contribution in [2.45, 2.75) is 12.5 Å². The molecule has 2 aromatic rings. The van der Waals surface area contributed by atoms with Gasteiger partial charge < -0.3 is 10.6 Å². The molecule has 1 amide bonds. The van der Waals surface area contributed by atoms with Gasteiger partial charge in [-0.15, -0.1) is 12.4 Å². The van der Waals surface area contributed by atoms with Crippen LogP contribution >= 0.6 is 28.3 Å². The van der Waals surface area contributed by atoms with Gasteiger partial charge in [0.1, 0.15) is 5.82 Å². The fourth-order valence-electron chi connectivity index (χ4n) is 2.26. The number of hydrogen-bond donors (Lipinski definition) is 2. The Kier molecular flexibility index (Phi) is 5.55. The maximum absolute atomic E-state index is 12.9. The first kappa shape index (κ1) is 16.9. The summed E-state index contributed by atoms with van der Waals surface area (Å²) in [5.41, 5.74) is 1.02. The van der Waals surface area contributed by atoms with Crippen LogP contribution in [0.4, 0.5) is 4.39 Å². The Balaban J connectivity index is 0.00000176. The molecule has 0 radical (unpaired) electrons. The van der Waals surface area contributed by atoms with Gasteiger partial charge in [0.2, 0.25) is 0 Å². The van der Waals surface area contributed by atoms with Crippen molar-refractivity contribution in [3.8, 4) is 5.69 Å². The van der Waals surface area contributed by atoms with Crippen molar-refractivity contribution in [3.63, 3.8) is 0 Å². The Labute approximate surface area is 141 Å². The number of aromatic nitrogens is 2. The number of rotatable bonds is 3. The number of nitrogens with one attached hydrogen (secondary N) is 2. The quantitative estimate of drug-likeness (QED) is 0.847. The number of halogens is 3. The van der Waals surface area contributed by atoms with Crippen molar-refractivity contribution in [1.29, 1.82) is 0 Å². The van der Waals surface area contributed by atoms with Gasteiger partial charge in [-0.3, -0.25) is 4.79 Å². The number of hydrogen-bond acceptors (Lipinski definition) is 3. The number of carbonyl (C=O) groups is 1. The number of benzene rings is 1. The van der Waals surface area contributed by atoms with E-state index in [1.807, 2.05) is 0 Å². The molecule has 1 unspecified atom stereocenters. The van der Waals surface area contributed by atoms with Gasteiger partial charge in [0.25, 0.3) is 5.91 Å². The minimum absolute atomic E-state index is 0. The molecule has 0 bridgehead atoms. The number of amides is 1. The molecule has 22 heavy (non-hydrogen) atoms. The summed E-state index contributed by atoms with van der Waals surface area (Å²) in [6.07, 6.45) is 2.61. The topological polar surface area (TPSA) is 59.0 Å². The molecule has 1 aliphatic heterocycles. The fraction of sp³-hybridized carbons (Fsp3) is 0.286. The van der Waals surface area contributed by atoms with Crippen LogP contribution in [0.15, 0.2) is 34.9 Å². The first-order chi connectivity index (χ1) is 10.1. The molecular weight excluding hydrogens is 375 g/mol. The molecular formula is C14H15BrClFN4O. The smallest absolute Gasteiger partial charge is 0.273 e. The van der Waals surface area contributed by atoms with Gasteiger partial charge in [0, 0.05) is 18.8 Å². The van der Waals surface area contributed by atoms with Crippen LogP contribution in [0.25, 0.3) is 5.69 Å². The minimum atomic E-state index is -0.309.